The highest BCUT2D eigenvalue weighted by Crippen LogP contribution is 2.54. The lowest BCUT2D eigenvalue weighted by atomic mass is 9.97. The largest absolute Gasteiger partial charge is 0.377 e. The minimum atomic E-state index is 0.572. The second-order valence-electron chi connectivity index (χ2n) is 4.30. The van der Waals surface area contributed by atoms with Gasteiger partial charge in [0.05, 0.1) is 12.7 Å². The van der Waals surface area contributed by atoms with Gasteiger partial charge in [-0.05, 0) is 30.6 Å². The Kier molecular flexibility index (Phi) is 1.31. The zero-order valence-corrected chi connectivity index (χ0v) is 6.89. The first-order valence-electron chi connectivity index (χ1n) is 4.33. The van der Waals surface area contributed by atoms with Crippen molar-refractivity contribution in [1.82, 2.24) is 0 Å². The topological polar surface area (TPSA) is 9.23 Å². The van der Waals surface area contributed by atoms with Crippen LogP contribution in [0.25, 0.3) is 0 Å². The molecule has 1 heterocycles. The Morgan fingerprint density at radius 3 is 2.40 bits per heavy atom. The summed E-state index contributed by atoms with van der Waals surface area (Å²) in [7, 11) is 0. The molecule has 0 N–H and O–H groups in total. The van der Waals surface area contributed by atoms with Gasteiger partial charge in [0.15, 0.2) is 0 Å². The van der Waals surface area contributed by atoms with E-state index in [9.17, 15) is 0 Å². The highest BCUT2D eigenvalue weighted by atomic mass is 16.5. The molecule has 0 aromatic rings. The molecule has 0 aromatic carbocycles. The van der Waals surface area contributed by atoms with Gasteiger partial charge in [0.1, 0.15) is 0 Å². The average molecular weight is 140 g/mol. The molecule has 1 saturated carbocycles. The van der Waals surface area contributed by atoms with E-state index in [-0.39, 0.29) is 0 Å². The lowest BCUT2D eigenvalue weighted by Gasteiger charge is -2.12. The molecule has 2 rings (SSSR count). The molecule has 0 amide bonds. The standard InChI is InChI=1S/C9H16O/c1-7(2)8-5-9(3-4-9)6-10-8/h7-8H,3-6H2,1-2H3/t8-/m1/s1. The van der Waals surface area contributed by atoms with E-state index in [4.69, 9.17) is 4.74 Å². The Hall–Kier alpha value is -0.0400. The van der Waals surface area contributed by atoms with Gasteiger partial charge < -0.3 is 4.74 Å². The van der Waals surface area contributed by atoms with Gasteiger partial charge in [-0.15, -0.1) is 0 Å². The van der Waals surface area contributed by atoms with Crippen LogP contribution in [0.5, 0.6) is 0 Å². The molecule has 1 saturated heterocycles. The quantitative estimate of drug-likeness (QED) is 0.542. The maximum absolute atomic E-state index is 5.69. The number of hydrogen-bond acceptors (Lipinski definition) is 1. The summed E-state index contributed by atoms with van der Waals surface area (Å²) in [5.41, 5.74) is 0.676. The normalized spacial score (nSPS) is 35.7. The second-order valence-corrected chi connectivity index (χ2v) is 4.30. The van der Waals surface area contributed by atoms with Gasteiger partial charge >= 0.3 is 0 Å². The molecule has 10 heavy (non-hydrogen) atoms. The smallest absolute Gasteiger partial charge is 0.0604 e. The Balaban J connectivity index is 1.93. The summed E-state index contributed by atoms with van der Waals surface area (Å²) in [4.78, 5) is 0. The van der Waals surface area contributed by atoms with Crippen molar-refractivity contribution < 1.29 is 4.74 Å². The molecule has 0 unspecified atom stereocenters. The molecule has 0 bridgehead atoms. The number of rotatable bonds is 1. The number of hydrogen-bond donors (Lipinski definition) is 0. The van der Waals surface area contributed by atoms with Gasteiger partial charge in [-0.2, -0.15) is 0 Å². The molecule has 1 spiro atoms. The van der Waals surface area contributed by atoms with E-state index in [2.05, 4.69) is 13.8 Å². The lowest BCUT2D eigenvalue weighted by Crippen LogP contribution is -2.13. The van der Waals surface area contributed by atoms with E-state index in [1.54, 1.807) is 0 Å². The van der Waals surface area contributed by atoms with Gasteiger partial charge in [0.25, 0.3) is 0 Å². The molecule has 0 radical (unpaired) electrons. The molecule has 1 aliphatic heterocycles. The van der Waals surface area contributed by atoms with Gasteiger partial charge in [0, 0.05) is 0 Å². The molecular formula is C9H16O. The highest BCUT2D eigenvalue weighted by Gasteiger charge is 2.49. The maximum Gasteiger partial charge on any atom is 0.0604 e. The van der Waals surface area contributed by atoms with Crippen molar-refractivity contribution in [3.8, 4) is 0 Å². The van der Waals surface area contributed by atoms with E-state index in [0.29, 0.717) is 11.5 Å². The summed E-state index contributed by atoms with van der Waals surface area (Å²) < 4.78 is 5.69. The predicted molar refractivity (Wildman–Crippen MR) is 40.9 cm³/mol. The molecule has 1 nitrogen and oxygen atoms in total. The van der Waals surface area contributed by atoms with E-state index < -0.39 is 0 Å². The van der Waals surface area contributed by atoms with Crippen LogP contribution < -0.4 is 0 Å². The van der Waals surface area contributed by atoms with Gasteiger partial charge in [-0.1, -0.05) is 13.8 Å². The summed E-state index contributed by atoms with van der Waals surface area (Å²) in [6, 6.07) is 0. The van der Waals surface area contributed by atoms with Crippen LogP contribution in [0.2, 0.25) is 0 Å². The first-order chi connectivity index (χ1) is 4.72. The monoisotopic (exact) mass is 140 g/mol. The fraction of sp³-hybridized carbons (Fsp3) is 1.00. The summed E-state index contributed by atoms with van der Waals surface area (Å²) >= 11 is 0. The molecule has 1 heteroatoms. The summed E-state index contributed by atoms with van der Waals surface area (Å²) in [5, 5.41) is 0. The summed E-state index contributed by atoms with van der Waals surface area (Å²) in [6.45, 7) is 5.56. The van der Waals surface area contributed by atoms with Crippen LogP contribution >= 0.6 is 0 Å². The molecule has 2 fully saturated rings. The SMILES string of the molecule is CC(C)[C@H]1CC2(CC2)CO1. The van der Waals surface area contributed by atoms with Crippen molar-refractivity contribution >= 4 is 0 Å². The van der Waals surface area contributed by atoms with Crippen LogP contribution in [-0.4, -0.2) is 12.7 Å². The first-order valence-corrected chi connectivity index (χ1v) is 4.33. The minimum Gasteiger partial charge on any atom is -0.377 e. The van der Waals surface area contributed by atoms with Gasteiger partial charge in [0.2, 0.25) is 0 Å². The zero-order valence-electron chi connectivity index (χ0n) is 6.89. The van der Waals surface area contributed by atoms with Crippen molar-refractivity contribution in [2.24, 2.45) is 11.3 Å². The molecule has 2 aliphatic rings. The fourth-order valence-electron chi connectivity index (χ4n) is 1.78. The zero-order chi connectivity index (χ0) is 7.19. The van der Waals surface area contributed by atoms with Crippen LogP contribution in [0.3, 0.4) is 0 Å². The van der Waals surface area contributed by atoms with Crippen molar-refractivity contribution in [2.45, 2.75) is 39.2 Å². The average Bonchev–Trinajstić information content (AvgIpc) is 2.41. The Bertz CT molecular complexity index is 136. The number of ether oxygens (including phenoxy) is 1. The van der Waals surface area contributed by atoms with E-state index in [1.807, 2.05) is 0 Å². The third-order valence-electron chi connectivity index (χ3n) is 2.94. The second kappa shape index (κ2) is 1.97. The molecule has 0 aromatic heterocycles. The molecule has 1 aliphatic carbocycles. The summed E-state index contributed by atoms with van der Waals surface area (Å²) in [5.74, 6) is 0.722. The van der Waals surface area contributed by atoms with Gasteiger partial charge in [-0.3, -0.25) is 0 Å². The van der Waals surface area contributed by atoms with Crippen molar-refractivity contribution in [3.63, 3.8) is 0 Å². The molecular weight excluding hydrogens is 124 g/mol. The van der Waals surface area contributed by atoms with Crippen molar-refractivity contribution in [2.75, 3.05) is 6.61 Å². The van der Waals surface area contributed by atoms with E-state index >= 15 is 0 Å². The van der Waals surface area contributed by atoms with Crippen molar-refractivity contribution in [1.29, 1.82) is 0 Å². The minimum absolute atomic E-state index is 0.572. The van der Waals surface area contributed by atoms with E-state index in [0.717, 1.165) is 12.5 Å². The highest BCUT2D eigenvalue weighted by molar-refractivity contribution is 4.99. The lowest BCUT2D eigenvalue weighted by molar-refractivity contribution is 0.0722. The maximum atomic E-state index is 5.69. The van der Waals surface area contributed by atoms with Crippen molar-refractivity contribution in [3.05, 3.63) is 0 Å². The molecule has 58 valence electrons. The predicted octanol–water partition coefficient (Wildman–Crippen LogP) is 2.21. The Labute approximate surface area is 62.8 Å². The molecule has 1 atom stereocenters. The third kappa shape index (κ3) is 0.968. The van der Waals surface area contributed by atoms with Crippen LogP contribution in [-0.2, 0) is 4.74 Å². The third-order valence-corrected chi connectivity index (χ3v) is 2.94. The van der Waals surface area contributed by atoms with Gasteiger partial charge in [-0.25, -0.2) is 0 Å². The van der Waals surface area contributed by atoms with Crippen LogP contribution in [0.4, 0.5) is 0 Å². The van der Waals surface area contributed by atoms with E-state index in [1.165, 1.54) is 19.3 Å². The van der Waals surface area contributed by atoms with Crippen LogP contribution in [0.1, 0.15) is 33.1 Å². The summed E-state index contributed by atoms with van der Waals surface area (Å²) in [6.07, 6.45) is 4.76. The van der Waals surface area contributed by atoms with Crippen LogP contribution in [0.15, 0.2) is 0 Å². The fourth-order valence-corrected chi connectivity index (χ4v) is 1.78. The Morgan fingerprint density at radius 2 is 2.10 bits per heavy atom. The van der Waals surface area contributed by atoms with Crippen LogP contribution in [0, 0.1) is 11.3 Å². The Morgan fingerprint density at radius 1 is 1.40 bits per heavy atom. The first kappa shape index (κ1) is 6.66.